The van der Waals surface area contributed by atoms with E-state index in [0.29, 0.717) is 24.3 Å². The van der Waals surface area contributed by atoms with Gasteiger partial charge in [0.05, 0.1) is 29.1 Å². The first-order valence-electron chi connectivity index (χ1n) is 10.5. The number of amides is 1. The summed E-state index contributed by atoms with van der Waals surface area (Å²) in [4.78, 5) is 20.5. The molecular formula is C25H18ClF2N3O2. The van der Waals surface area contributed by atoms with Crippen LogP contribution in [0.4, 0.5) is 20.2 Å². The van der Waals surface area contributed by atoms with Crippen LogP contribution in [0.15, 0.2) is 54.6 Å². The van der Waals surface area contributed by atoms with Gasteiger partial charge in [-0.25, -0.2) is 8.78 Å². The molecule has 3 aromatic carbocycles. The zero-order valence-corrected chi connectivity index (χ0v) is 18.3. The number of benzene rings is 3. The van der Waals surface area contributed by atoms with Crippen molar-refractivity contribution < 1.29 is 18.3 Å². The molecule has 0 fully saturated rings. The van der Waals surface area contributed by atoms with E-state index in [-0.39, 0.29) is 16.5 Å². The van der Waals surface area contributed by atoms with Crippen LogP contribution >= 0.6 is 11.6 Å². The van der Waals surface area contributed by atoms with E-state index in [1.54, 1.807) is 24.1 Å². The van der Waals surface area contributed by atoms with E-state index in [9.17, 15) is 13.6 Å². The highest BCUT2D eigenvalue weighted by Gasteiger charge is 2.44. The summed E-state index contributed by atoms with van der Waals surface area (Å²) >= 11 is 5.94. The second-order valence-corrected chi connectivity index (χ2v) is 8.59. The molecule has 1 amide bonds. The van der Waals surface area contributed by atoms with Crippen molar-refractivity contribution in [2.75, 3.05) is 18.6 Å². The number of aromatic amines is 1. The minimum absolute atomic E-state index is 0.00469. The average molecular weight is 466 g/mol. The van der Waals surface area contributed by atoms with Crippen molar-refractivity contribution in [2.45, 2.75) is 12.6 Å². The van der Waals surface area contributed by atoms with Gasteiger partial charge in [0.2, 0.25) is 0 Å². The van der Waals surface area contributed by atoms with Crippen LogP contribution in [0.2, 0.25) is 5.02 Å². The minimum atomic E-state index is -0.571. The van der Waals surface area contributed by atoms with Gasteiger partial charge in [-0.05, 0) is 66.6 Å². The number of hydrogen-bond acceptors (Lipinski definition) is 3. The predicted octanol–water partition coefficient (Wildman–Crippen LogP) is 5.96. The monoisotopic (exact) mass is 465 g/mol. The maximum atomic E-state index is 14.5. The molecule has 2 aliphatic heterocycles. The van der Waals surface area contributed by atoms with Gasteiger partial charge in [-0.15, -0.1) is 0 Å². The van der Waals surface area contributed by atoms with Gasteiger partial charge < -0.3 is 19.5 Å². The molecule has 0 bridgehead atoms. The van der Waals surface area contributed by atoms with Crippen LogP contribution in [0.25, 0.3) is 10.9 Å². The number of nitrogens with one attached hydrogen (secondary N) is 1. The Hall–Kier alpha value is -3.58. The first kappa shape index (κ1) is 20.1. The summed E-state index contributed by atoms with van der Waals surface area (Å²) in [5, 5.41) is 1.02. The molecule has 1 unspecified atom stereocenters. The maximum Gasteiger partial charge on any atom is 0.258 e. The Kier molecular flexibility index (Phi) is 4.39. The molecule has 0 spiro atoms. The number of methoxy groups -OCH3 is 1. The van der Waals surface area contributed by atoms with E-state index >= 15 is 0 Å². The molecule has 0 saturated heterocycles. The Morgan fingerprint density at radius 2 is 1.94 bits per heavy atom. The third-order valence-corrected chi connectivity index (χ3v) is 6.74. The zero-order valence-electron chi connectivity index (χ0n) is 17.5. The molecule has 0 saturated carbocycles. The molecule has 166 valence electrons. The highest BCUT2D eigenvalue weighted by atomic mass is 35.5. The summed E-state index contributed by atoms with van der Waals surface area (Å²) in [6.07, 6.45) is 0.0660. The van der Waals surface area contributed by atoms with E-state index in [1.165, 1.54) is 24.3 Å². The molecular weight excluding hydrogens is 448 g/mol. The number of fused-ring (bicyclic) bond motifs is 6. The first-order valence-corrected chi connectivity index (χ1v) is 10.9. The molecule has 0 radical (unpaired) electrons. The van der Waals surface area contributed by atoms with Gasteiger partial charge in [0.1, 0.15) is 17.4 Å². The highest BCUT2D eigenvalue weighted by Crippen LogP contribution is 2.48. The van der Waals surface area contributed by atoms with Crippen LogP contribution in [0, 0.1) is 11.6 Å². The van der Waals surface area contributed by atoms with Crippen LogP contribution < -0.4 is 9.64 Å². The third kappa shape index (κ3) is 2.92. The molecule has 1 N–H and O–H groups in total. The van der Waals surface area contributed by atoms with Gasteiger partial charge in [-0.3, -0.25) is 4.79 Å². The largest absolute Gasteiger partial charge is 0.497 e. The summed E-state index contributed by atoms with van der Waals surface area (Å²) in [7, 11) is 1.62. The topological polar surface area (TPSA) is 48.6 Å². The molecule has 2 aliphatic rings. The molecule has 6 rings (SSSR count). The number of carbonyl (C=O) groups is 1. The lowest BCUT2D eigenvalue weighted by atomic mass is 9.95. The van der Waals surface area contributed by atoms with Gasteiger partial charge in [-0.1, -0.05) is 11.6 Å². The number of H-pyrrole nitrogens is 1. The molecule has 1 atom stereocenters. The van der Waals surface area contributed by atoms with E-state index in [0.717, 1.165) is 27.9 Å². The second-order valence-electron chi connectivity index (χ2n) is 8.18. The lowest BCUT2D eigenvalue weighted by Gasteiger charge is -2.47. The van der Waals surface area contributed by atoms with Crippen LogP contribution in [0.3, 0.4) is 0 Å². The number of nitrogens with zero attached hydrogens (tertiary/aromatic N) is 2. The number of ether oxygens (including phenoxy) is 1. The molecule has 8 heteroatoms. The van der Waals surface area contributed by atoms with Crippen LogP contribution in [0.5, 0.6) is 5.75 Å². The number of carbonyl (C=O) groups excluding carboxylic acids is 1. The van der Waals surface area contributed by atoms with Crippen LogP contribution in [-0.4, -0.2) is 29.4 Å². The minimum Gasteiger partial charge on any atom is -0.497 e. The van der Waals surface area contributed by atoms with Crippen molar-refractivity contribution in [3.63, 3.8) is 0 Å². The SMILES string of the molecule is COc1ccc2[nH]c3c(c2c1)CCN1C(=O)c2cc(F)ccc2N(c2ccc(Cl)c(F)c2)C31. The van der Waals surface area contributed by atoms with Crippen molar-refractivity contribution in [2.24, 2.45) is 0 Å². The van der Waals surface area contributed by atoms with Crippen LogP contribution in [-0.2, 0) is 6.42 Å². The van der Waals surface area contributed by atoms with E-state index in [1.807, 2.05) is 23.1 Å². The lowest BCUT2D eigenvalue weighted by molar-refractivity contribution is 0.0641. The Labute approximate surface area is 193 Å². The summed E-state index contributed by atoms with van der Waals surface area (Å²) in [5.41, 5.74) is 4.08. The Morgan fingerprint density at radius 1 is 1.09 bits per heavy atom. The Balaban J connectivity index is 1.62. The second kappa shape index (κ2) is 7.22. The van der Waals surface area contributed by atoms with Crippen molar-refractivity contribution in [1.82, 2.24) is 9.88 Å². The van der Waals surface area contributed by atoms with Crippen LogP contribution in [0.1, 0.15) is 27.8 Å². The number of halogens is 3. The fourth-order valence-electron chi connectivity index (χ4n) is 4.95. The molecule has 1 aromatic heterocycles. The predicted molar refractivity (Wildman–Crippen MR) is 122 cm³/mol. The molecule has 3 heterocycles. The molecule has 33 heavy (non-hydrogen) atoms. The van der Waals surface area contributed by atoms with E-state index in [2.05, 4.69) is 4.98 Å². The van der Waals surface area contributed by atoms with E-state index < -0.39 is 17.8 Å². The van der Waals surface area contributed by atoms with Crippen molar-refractivity contribution >= 4 is 39.8 Å². The van der Waals surface area contributed by atoms with Gasteiger partial charge in [0, 0.05) is 23.1 Å². The normalized spacial score (nSPS) is 17.1. The fourth-order valence-corrected chi connectivity index (χ4v) is 5.06. The smallest absolute Gasteiger partial charge is 0.258 e. The zero-order chi connectivity index (χ0) is 22.9. The number of rotatable bonds is 2. The highest BCUT2D eigenvalue weighted by molar-refractivity contribution is 6.30. The maximum absolute atomic E-state index is 14.5. The molecule has 4 aromatic rings. The number of anilines is 2. The fraction of sp³-hybridized carbons (Fsp3) is 0.160. The van der Waals surface area contributed by atoms with Gasteiger partial charge in [0.25, 0.3) is 5.91 Å². The summed E-state index contributed by atoms with van der Waals surface area (Å²) in [6.45, 7) is 0.434. The standard InChI is InChI=1S/C25H18ClF2N3O2/c1-33-15-4-6-21-17(12-15)16-8-9-30-24(23(16)29-21)31(14-3-5-19(26)20(28)11-14)22-7-2-13(27)10-18(22)25(30)32/h2-7,10-12,24,29H,8-9H2,1H3. The summed E-state index contributed by atoms with van der Waals surface area (Å²) in [5.74, 6) is -0.595. The Morgan fingerprint density at radius 3 is 2.73 bits per heavy atom. The summed E-state index contributed by atoms with van der Waals surface area (Å²) < 4.78 is 34.0. The molecule has 5 nitrogen and oxygen atoms in total. The first-order chi connectivity index (χ1) is 16.0. The van der Waals surface area contributed by atoms with E-state index in [4.69, 9.17) is 16.3 Å². The van der Waals surface area contributed by atoms with Crippen molar-refractivity contribution in [3.8, 4) is 5.75 Å². The Bertz CT molecular complexity index is 1450. The lowest BCUT2D eigenvalue weighted by Crippen LogP contribution is -2.50. The van der Waals surface area contributed by atoms with Crippen molar-refractivity contribution in [3.05, 3.63) is 88.1 Å². The number of hydrogen-bond donors (Lipinski definition) is 1. The van der Waals surface area contributed by atoms with Gasteiger partial charge in [-0.2, -0.15) is 0 Å². The third-order valence-electron chi connectivity index (χ3n) is 6.44. The summed E-state index contributed by atoms with van der Waals surface area (Å²) in [6, 6.07) is 14.4. The molecule has 0 aliphatic carbocycles. The quantitative estimate of drug-likeness (QED) is 0.397. The number of aromatic nitrogens is 1. The van der Waals surface area contributed by atoms with Crippen molar-refractivity contribution in [1.29, 1.82) is 0 Å². The average Bonchev–Trinajstić information content (AvgIpc) is 3.19. The van der Waals surface area contributed by atoms with Gasteiger partial charge in [0.15, 0.2) is 6.17 Å². The van der Waals surface area contributed by atoms with Gasteiger partial charge >= 0.3 is 0 Å².